The van der Waals surface area contributed by atoms with Gasteiger partial charge in [-0.15, -0.1) is 0 Å². The Hall–Kier alpha value is -3.50. The van der Waals surface area contributed by atoms with Crippen LogP contribution in [0.25, 0.3) is 17.2 Å². The van der Waals surface area contributed by atoms with Crippen molar-refractivity contribution in [2.24, 2.45) is 0 Å². The van der Waals surface area contributed by atoms with Crippen molar-refractivity contribution in [1.29, 1.82) is 0 Å². The highest BCUT2D eigenvalue weighted by atomic mass is 19.4. The van der Waals surface area contributed by atoms with Gasteiger partial charge in [-0.3, -0.25) is 9.89 Å². The Morgan fingerprint density at radius 3 is 2.59 bits per heavy atom. The van der Waals surface area contributed by atoms with E-state index in [9.17, 15) is 18.0 Å². The molecule has 0 aliphatic carbocycles. The number of nitrogens with one attached hydrogen (secondary N) is 1. The zero-order valence-electron chi connectivity index (χ0n) is 13.8. The average Bonchev–Trinajstić information content (AvgIpc) is 3.21. The van der Waals surface area contributed by atoms with E-state index in [-0.39, 0.29) is 29.5 Å². The van der Waals surface area contributed by atoms with Crippen LogP contribution >= 0.6 is 0 Å². The number of H-pyrrole nitrogens is 1. The molecule has 0 saturated heterocycles. The molecule has 0 amide bonds. The second kappa shape index (κ2) is 6.04. The number of hydrogen-bond acceptors (Lipinski definition) is 6. The van der Waals surface area contributed by atoms with E-state index >= 15 is 0 Å². The van der Waals surface area contributed by atoms with Gasteiger partial charge in [0.25, 0.3) is 11.3 Å². The quantitative estimate of drug-likeness (QED) is 0.589. The Morgan fingerprint density at radius 1 is 1.15 bits per heavy atom. The van der Waals surface area contributed by atoms with Crippen LogP contribution in [0.5, 0.6) is 0 Å². The number of rotatable bonds is 3. The monoisotopic (exact) mass is 376 g/mol. The molecule has 0 fully saturated rings. The number of alkyl halides is 3. The molecule has 8 nitrogen and oxygen atoms in total. The number of nitrogens with zero attached hydrogens (tertiary/aromatic N) is 5. The maximum absolute atomic E-state index is 12.6. The molecule has 4 aromatic rings. The number of halogens is 3. The van der Waals surface area contributed by atoms with Gasteiger partial charge in [0.1, 0.15) is 5.82 Å². The number of aromatic amines is 1. The summed E-state index contributed by atoms with van der Waals surface area (Å²) >= 11 is 0. The fourth-order valence-corrected chi connectivity index (χ4v) is 2.51. The van der Waals surface area contributed by atoms with Crippen LogP contribution in [0.1, 0.15) is 23.0 Å². The van der Waals surface area contributed by atoms with E-state index in [2.05, 4.69) is 25.2 Å². The first-order chi connectivity index (χ1) is 12.8. The maximum atomic E-state index is 12.6. The van der Waals surface area contributed by atoms with Crippen molar-refractivity contribution < 1.29 is 17.7 Å². The third kappa shape index (κ3) is 3.30. The summed E-state index contributed by atoms with van der Waals surface area (Å²) in [4.78, 5) is 24.4. The van der Waals surface area contributed by atoms with Gasteiger partial charge in [-0.25, -0.2) is 4.98 Å². The molecule has 1 N–H and O–H groups in total. The van der Waals surface area contributed by atoms with Crippen LogP contribution in [-0.4, -0.2) is 29.7 Å². The van der Waals surface area contributed by atoms with Crippen LogP contribution in [0.15, 0.2) is 39.6 Å². The van der Waals surface area contributed by atoms with E-state index in [0.29, 0.717) is 17.1 Å². The number of benzene rings is 1. The lowest BCUT2D eigenvalue weighted by Gasteiger charge is -2.05. The van der Waals surface area contributed by atoms with Crippen LogP contribution in [-0.2, 0) is 12.6 Å². The normalized spacial score (nSPS) is 12.0. The van der Waals surface area contributed by atoms with E-state index < -0.39 is 11.7 Å². The largest absolute Gasteiger partial charge is 0.416 e. The molecule has 0 spiro atoms. The maximum Gasteiger partial charge on any atom is 0.416 e. The minimum Gasteiger partial charge on any atom is -0.338 e. The molecular formula is C16H11F3N6O2. The van der Waals surface area contributed by atoms with Crippen LogP contribution in [0.4, 0.5) is 13.2 Å². The van der Waals surface area contributed by atoms with Gasteiger partial charge in [-0.2, -0.15) is 27.7 Å². The number of hydrogen-bond donors (Lipinski definition) is 1. The third-order valence-corrected chi connectivity index (χ3v) is 3.76. The Labute approximate surface area is 148 Å². The SMILES string of the molecule is Cc1cc(=O)n2[nH]c(Cc3nc(-c4ccc(C(F)(F)F)cc4)no3)nc2n1. The lowest BCUT2D eigenvalue weighted by atomic mass is 10.1. The van der Waals surface area contributed by atoms with Crippen molar-refractivity contribution in [3.63, 3.8) is 0 Å². The predicted octanol–water partition coefficient (Wildman–Crippen LogP) is 2.39. The Bertz CT molecular complexity index is 1170. The average molecular weight is 376 g/mol. The van der Waals surface area contributed by atoms with Crippen molar-refractivity contribution in [1.82, 2.24) is 29.7 Å². The smallest absolute Gasteiger partial charge is 0.338 e. The van der Waals surface area contributed by atoms with Crippen LogP contribution in [0, 0.1) is 6.92 Å². The predicted molar refractivity (Wildman–Crippen MR) is 85.9 cm³/mol. The summed E-state index contributed by atoms with van der Waals surface area (Å²) in [5.74, 6) is 0.944. The van der Waals surface area contributed by atoms with Gasteiger partial charge >= 0.3 is 6.18 Å². The third-order valence-electron chi connectivity index (χ3n) is 3.76. The second-order valence-corrected chi connectivity index (χ2v) is 5.81. The molecular weight excluding hydrogens is 365 g/mol. The highest BCUT2D eigenvalue weighted by Gasteiger charge is 2.30. The molecule has 0 saturated carbocycles. The molecule has 1 aromatic carbocycles. The van der Waals surface area contributed by atoms with Gasteiger partial charge < -0.3 is 4.52 Å². The molecule has 138 valence electrons. The molecule has 0 bridgehead atoms. The molecule has 0 unspecified atom stereocenters. The topological polar surface area (TPSA) is 102 Å². The van der Waals surface area contributed by atoms with Crippen molar-refractivity contribution in [2.75, 3.05) is 0 Å². The summed E-state index contributed by atoms with van der Waals surface area (Å²) in [6, 6.07) is 5.80. The van der Waals surface area contributed by atoms with E-state index in [4.69, 9.17) is 4.52 Å². The van der Waals surface area contributed by atoms with E-state index in [1.54, 1.807) is 6.92 Å². The first-order valence-electron chi connectivity index (χ1n) is 7.75. The van der Waals surface area contributed by atoms with Gasteiger partial charge in [0.05, 0.1) is 12.0 Å². The van der Waals surface area contributed by atoms with Gasteiger partial charge in [0.15, 0.2) is 0 Å². The summed E-state index contributed by atoms with van der Waals surface area (Å²) in [6.07, 6.45) is -4.30. The van der Waals surface area contributed by atoms with Crippen molar-refractivity contribution in [3.05, 3.63) is 63.7 Å². The van der Waals surface area contributed by atoms with Crippen molar-refractivity contribution >= 4 is 5.78 Å². The first kappa shape index (κ1) is 16.9. The fourth-order valence-electron chi connectivity index (χ4n) is 2.51. The minimum absolute atomic E-state index is 0.107. The Balaban J connectivity index is 1.58. The van der Waals surface area contributed by atoms with Crippen molar-refractivity contribution in [3.8, 4) is 11.4 Å². The van der Waals surface area contributed by atoms with Crippen LogP contribution in [0.3, 0.4) is 0 Å². The summed E-state index contributed by atoms with van der Waals surface area (Å²) in [7, 11) is 0. The summed E-state index contributed by atoms with van der Waals surface area (Å²) in [6.45, 7) is 1.68. The highest BCUT2D eigenvalue weighted by Crippen LogP contribution is 2.30. The van der Waals surface area contributed by atoms with Gasteiger partial charge in [0, 0.05) is 17.3 Å². The molecule has 0 aliphatic heterocycles. The zero-order chi connectivity index (χ0) is 19.2. The lowest BCUT2D eigenvalue weighted by molar-refractivity contribution is -0.137. The summed E-state index contributed by atoms with van der Waals surface area (Å²) in [5, 5.41) is 6.56. The van der Waals surface area contributed by atoms with E-state index in [1.807, 2.05) is 0 Å². The minimum atomic E-state index is -4.41. The molecule has 27 heavy (non-hydrogen) atoms. The zero-order valence-corrected chi connectivity index (χ0v) is 13.8. The van der Waals surface area contributed by atoms with E-state index in [1.165, 1.54) is 22.7 Å². The molecule has 3 aromatic heterocycles. The molecule has 0 aliphatic rings. The number of aryl methyl sites for hydroxylation is 1. The summed E-state index contributed by atoms with van der Waals surface area (Å²) < 4.78 is 44.2. The van der Waals surface area contributed by atoms with Gasteiger partial charge in [0.2, 0.25) is 11.7 Å². The Morgan fingerprint density at radius 2 is 1.89 bits per heavy atom. The highest BCUT2D eigenvalue weighted by molar-refractivity contribution is 5.54. The fraction of sp³-hybridized carbons (Fsp3) is 0.188. The van der Waals surface area contributed by atoms with Gasteiger partial charge in [-0.05, 0) is 19.1 Å². The summed E-state index contributed by atoms with van der Waals surface area (Å²) in [5.41, 5.74) is -0.130. The molecule has 4 rings (SSSR count). The van der Waals surface area contributed by atoms with Crippen LogP contribution < -0.4 is 5.56 Å². The second-order valence-electron chi connectivity index (χ2n) is 5.81. The van der Waals surface area contributed by atoms with E-state index in [0.717, 1.165) is 12.1 Å². The number of aromatic nitrogens is 6. The molecule has 3 heterocycles. The standard InChI is InChI=1S/C16H11F3N6O2/c1-8-6-13(26)25-15(20-8)21-11(23-25)7-12-22-14(24-27-12)9-2-4-10(5-3-9)16(17,18)19/h2-6H,7H2,1H3,(H,20,21,23). The Kier molecular flexibility index (Phi) is 3.79. The molecule has 11 heteroatoms. The first-order valence-corrected chi connectivity index (χ1v) is 7.75. The van der Waals surface area contributed by atoms with Gasteiger partial charge in [-0.1, -0.05) is 17.3 Å². The van der Waals surface area contributed by atoms with Crippen molar-refractivity contribution in [2.45, 2.75) is 19.5 Å². The van der Waals surface area contributed by atoms with Crippen LogP contribution in [0.2, 0.25) is 0 Å². The number of fused-ring (bicyclic) bond motifs is 1. The molecule has 0 atom stereocenters. The molecule has 0 radical (unpaired) electrons. The lowest BCUT2D eigenvalue weighted by Crippen LogP contribution is -2.14.